The van der Waals surface area contributed by atoms with Crippen molar-refractivity contribution >= 4 is 12.4 Å². The average molecular weight is 259 g/mol. The molecule has 2 rings (SSSR count). The van der Waals surface area contributed by atoms with Crippen molar-refractivity contribution in [3.63, 3.8) is 0 Å². The van der Waals surface area contributed by atoms with Crippen molar-refractivity contribution < 1.29 is 0 Å². The summed E-state index contributed by atoms with van der Waals surface area (Å²) in [5.74, 6) is 0.816. The minimum atomic E-state index is 0. The van der Waals surface area contributed by atoms with Gasteiger partial charge in [0.1, 0.15) is 0 Å². The minimum Gasteiger partial charge on any atom is -0.311 e. The van der Waals surface area contributed by atoms with Gasteiger partial charge in [-0.1, -0.05) is 6.92 Å². The van der Waals surface area contributed by atoms with E-state index in [1.54, 1.807) is 6.20 Å². The van der Waals surface area contributed by atoms with Gasteiger partial charge in [0, 0.05) is 25.0 Å². The third kappa shape index (κ3) is 4.66. The van der Waals surface area contributed by atoms with Gasteiger partial charge in [-0.2, -0.15) is 5.10 Å². The molecule has 1 aliphatic heterocycles. The molecule has 1 aliphatic rings. The third-order valence-corrected chi connectivity index (χ3v) is 3.36. The van der Waals surface area contributed by atoms with Gasteiger partial charge in [0.15, 0.2) is 0 Å². The Labute approximate surface area is 110 Å². The molecule has 0 radical (unpaired) electrons. The molecular formula is C12H23ClN4. The maximum Gasteiger partial charge on any atom is 0.0490 e. The second-order valence-corrected chi connectivity index (χ2v) is 4.61. The first-order chi connectivity index (χ1) is 7.88. The molecule has 1 atom stereocenters. The molecular weight excluding hydrogens is 236 g/mol. The molecule has 5 heteroatoms. The summed E-state index contributed by atoms with van der Waals surface area (Å²) in [5.41, 5.74) is 1.17. The van der Waals surface area contributed by atoms with Crippen LogP contribution in [-0.4, -0.2) is 41.3 Å². The first-order valence-corrected chi connectivity index (χ1v) is 6.30. The summed E-state index contributed by atoms with van der Waals surface area (Å²) in [4.78, 5) is 2.55. The molecule has 4 nitrogen and oxygen atoms in total. The lowest BCUT2D eigenvalue weighted by Crippen LogP contribution is -2.39. The fourth-order valence-corrected chi connectivity index (χ4v) is 2.40. The second-order valence-electron chi connectivity index (χ2n) is 4.61. The number of nitrogens with zero attached hydrogens (tertiary/aromatic N) is 2. The Hall–Kier alpha value is -0.580. The van der Waals surface area contributed by atoms with Crippen LogP contribution in [0.5, 0.6) is 0 Å². The molecule has 1 aromatic heterocycles. The van der Waals surface area contributed by atoms with Crippen molar-refractivity contribution in [1.82, 2.24) is 20.4 Å². The van der Waals surface area contributed by atoms with Gasteiger partial charge >= 0.3 is 0 Å². The summed E-state index contributed by atoms with van der Waals surface area (Å²) in [7, 11) is 0. The van der Waals surface area contributed by atoms with E-state index in [-0.39, 0.29) is 12.4 Å². The van der Waals surface area contributed by atoms with E-state index in [9.17, 15) is 0 Å². The van der Waals surface area contributed by atoms with Crippen LogP contribution in [0.4, 0.5) is 0 Å². The standard InChI is InChI=1S/C12H22N4.ClH/c1-2-16-7-3-4-11(10-16)8-13-9-12-5-6-14-15-12;/h5-6,11,13H,2-4,7-10H2,1H3,(H,14,15);1H. The van der Waals surface area contributed by atoms with Crippen molar-refractivity contribution in [3.8, 4) is 0 Å². The predicted molar refractivity (Wildman–Crippen MR) is 72.4 cm³/mol. The zero-order chi connectivity index (χ0) is 11.2. The van der Waals surface area contributed by atoms with E-state index < -0.39 is 0 Å². The molecule has 1 unspecified atom stereocenters. The smallest absolute Gasteiger partial charge is 0.0490 e. The molecule has 1 fully saturated rings. The molecule has 0 amide bonds. The fraction of sp³-hybridized carbons (Fsp3) is 0.750. The van der Waals surface area contributed by atoms with E-state index in [1.807, 2.05) is 6.07 Å². The summed E-state index contributed by atoms with van der Waals surface area (Å²) in [5, 5.41) is 10.4. The summed E-state index contributed by atoms with van der Waals surface area (Å²) < 4.78 is 0. The van der Waals surface area contributed by atoms with Gasteiger partial charge in [-0.15, -0.1) is 12.4 Å². The monoisotopic (exact) mass is 258 g/mol. The Kier molecular flexibility index (Phi) is 6.55. The molecule has 1 aromatic rings. The van der Waals surface area contributed by atoms with Crippen LogP contribution >= 0.6 is 12.4 Å². The van der Waals surface area contributed by atoms with E-state index >= 15 is 0 Å². The quantitative estimate of drug-likeness (QED) is 0.844. The topological polar surface area (TPSA) is 44.0 Å². The van der Waals surface area contributed by atoms with E-state index in [2.05, 4.69) is 27.3 Å². The molecule has 2 heterocycles. The maximum atomic E-state index is 3.94. The Bertz CT molecular complexity index is 289. The summed E-state index contributed by atoms with van der Waals surface area (Å²) in [6.07, 6.45) is 4.52. The predicted octanol–water partition coefficient (Wildman–Crippen LogP) is 1.65. The first kappa shape index (κ1) is 14.5. The SMILES string of the molecule is CCN1CCCC(CNCc2ccn[nH]2)C1.Cl. The van der Waals surface area contributed by atoms with Crippen molar-refractivity contribution in [3.05, 3.63) is 18.0 Å². The minimum absolute atomic E-state index is 0. The number of halogens is 1. The number of aromatic amines is 1. The van der Waals surface area contributed by atoms with Crippen LogP contribution in [0.15, 0.2) is 12.3 Å². The maximum absolute atomic E-state index is 3.94. The highest BCUT2D eigenvalue weighted by Gasteiger charge is 2.17. The zero-order valence-corrected chi connectivity index (χ0v) is 11.3. The summed E-state index contributed by atoms with van der Waals surface area (Å²) in [6.45, 7) is 8.01. The molecule has 0 aromatic carbocycles. The van der Waals surface area contributed by atoms with Crippen molar-refractivity contribution in [1.29, 1.82) is 0 Å². The number of piperidine rings is 1. The van der Waals surface area contributed by atoms with Crippen LogP contribution in [0.3, 0.4) is 0 Å². The summed E-state index contributed by atoms with van der Waals surface area (Å²) >= 11 is 0. The highest BCUT2D eigenvalue weighted by atomic mass is 35.5. The Morgan fingerprint density at radius 1 is 1.59 bits per heavy atom. The highest BCUT2D eigenvalue weighted by molar-refractivity contribution is 5.85. The molecule has 98 valence electrons. The van der Waals surface area contributed by atoms with E-state index in [4.69, 9.17) is 0 Å². The molecule has 0 saturated carbocycles. The Morgan fingerprint density at radius 2 is 2.47 bits per heavy atom. The normalized spacial score (nSPS) is 21.1. The van der Waals surface area contributed by atoms with Gasteiger partial charge in [0.2, 0.25) is 0 Å². The lowest BCUT2D eigenvalue weighted by Gasteiger charge is -2.31. The van der Waals surface area contributed by atoms with Gasteiger partial charge in [0.05, 0.1) is 0 Å². The van der Waals surface area contributed by atoms with Crippen molar-refractivity contribution in [2.45, 2.75) is 26.3 Å². The van der Waals surface area contributed by atoms with Gasteiger partial charge in [-0.25, -0.2) is 0 Å². The van der Waals surface area contributed by atoms with E-state index in [0.29, 0.717) is 0 Å². The number of hydrogen-bond donors (Lipinski definition) is 2. The van der Waals surface area contributed by atoms with Gasteiger partial charge in [-0.3, -0.25) is 5.10 Å². The second kappa shape index (κ2) is 7.69. The summed E-state index contributed by atoms with van der Waals surface area (Å²) in [6, 6.07) is 2.02. The Balaban J connectivity index is 0.00000144. The van der Waals surface area contributed by atoms with Crippen LogP contribution in [0.25, 0.3) is 0 Å². The van der Waals surface area contributed by atoms with Crippen LogP contribution < -0.4 is 5.32 Å². The molecule has 1 saturated heterocycles. The number of nitrogens with one attached hydrogen (secondary N) is 2. The third-order valence-electron chi connectivity index (χ3n) is 3.36. The number of H-pyrrole nitrogens is 1. The van der Waals surface area contributed by atoms with E-state index in [0.717, 1.165) is 19.0 Å². The van der Waals surface area contributed by atoms with Crippen LogP contribution in [0.1, 0.15) is 25.5 Å². The molecule has 2 N–H and O–H groups in total. The van der Waals surface area contributed by atoms with Gasteiger partial charge in [-0.05, 0) is 44.5 Å². The molecule has 0 bridgehead atoms. The van der Waals surface area contributed by atoms with Crippen molar-refractivity contribution in [2.24, 2.45) is 5.92 Å². The molecule has 17 heavy (non-hydrogen) atoms. The number of likely N-dealkylation sites (tertiary alicyclic amines) is 1. The average Bonchev–Trinajstić information content (AvgIpc) is 2.82. The fourth-order valence-electron chi connectivity index (χ4n) is 2.40. The molecule has 0 aliphatic carbocycles. The number of aromatic nitrogens is 2. The van der Waals surface area contributed by atoms with Gasteiger partial charge < -0.3 is 10.2 Å². The van der Waals surface area contributed by atoms with Crippen molar-refractivity contribution in [2.75, 3.05) is 26.2 Å². The number of hydrogen-bond acceptors (Lipinski definition) is 3. The van der Waals surface area contributed by atoms with E-state index in [1.165, 1.54) is 38.2 Å². The first-order valence-electron chi connectivity index (χ1n) is 6.30. The Morgan fingerprint density at radius 3 is 3.18 bits per heavy atom. The zero-order valence-electron chi connectivity index (χ0n) is 10.5. The lowest BCUT2D eigenvalue weighted by molar-refractivity contribution is 0.180. The highest BCUT2D eigenvalue weighted by Crippen LogP contribution is 2.15. The number of rotatable bonds is 5. The van der Waals surface area contributed by atoms with Crippen LogP contribution in [-0.2, 0) is 6.54 Å². The molecule has 0 spiro atoms. The lowest BCUT2D eigenvalue weighted by atomic mass is 9.98. The van der Waals surface area contributed by atoms with Gasteiger partial charge in [0.25, 0.3) is 0 Å². The largest absolute Gasteiger partial charge is 0.311 e. The van der Waals surface area contributed by atoms with Crippen LogP contribution in [0.2, 0.25) is 0 Å². The van der Waals surface area contributed by atoms with Crippen LogP contribution in [0, 0.1) is 5.92 Å².